The Labute approximate surface area is 152 Å². The first-order valence-corrected chi connectivity index (χ1v) is 8.01. The van der Waals surface area contributed by atoms with Crippen LogP contribution in [-0.2, 0) is 11.2 Å². The molecule has 0 amide bonds. The van der Waals surface area contributed by atoms with Gasteiger partial charge >= 0.3 is 0 Å². The molecule has 0 aliphatic carbocycles. The number of carbonyl (C=O) groups excluding carboxylic acids is 1. The first-order valence-electron chi connectivity index (χ1n) is 8.01. The summed E-state index contributed by atoms with van der Waals surface area (Å²) in [6.07, 6.45) is 1.22. The largest absolute Gasteiger partial charge is 0.508 e. The maximum atomic E-state index is 10.8. The summed E-state index contributed by atoms with van der Waals surface area (Å²) in [7, 11) is 4.61. The number of rotatable bonds is 9. The Morgan fingerprint density at radius 1 is 0.962 bits per heavy atom. The molecule has 0 aromatic heterocycles. The van der Waals surface area contributed by atoms with Crippen LogP contribution in [0.4, 0.5) is 0 Å². The lowest BCUT2D eigenvalue weighted by Gasteiger charge is -2.20. The van der Waals surface area contributed by atoms with Gasteiger partial charge in [0, 0.05) is 12.1 Å². The normalized spacial score (nSPS) is 11.7. The molecule has 0 saturated heterocycles. The third-order valence-electron chi connectivity index (χ3n) is 3.94. The molecule has 2 aromatic rings. The van der Waals surface area contributed by atoms with Crippen LogP contribution in [0.15, 0.2) is 30.3 Å². The quantitative estimate of drug-likeness (QED) is 0.589. The lowest BCUT2D eigenvalue weighted by Crippen LogP contribution is -2.25. The molecule has 0 spiro atoms. The summed E-state index contributed by atoms with van der Waals surface area (Å²) < 4.78 is 16.1. The van der Waals surface area contributed by atoms with Crippen LogP contribution in [0.1, 0.15) is 17.2 Å². The van der Waals surface area contributed by atoms with E-state index in [4.69, 9.17) is 14.2 Å². The topological polar surface area (TPSA) is 97.3 Å². The molecule has 0 aliphatic rings. The summed E-state index contributed by atoms with van der Waals surface area (Å²) in [6.45, 7) is 0.130. The molecular formula is C19H23NO6. The molecule has 2 aromatic carbocycles. The summed E-state index contributed by atoms with van der Waals surface area (Å²) >= 11 is 0. The van der Waals surface area contributed by atoms with Crippen LogP contribution in [0.2, 0.25) is 0 Å². The van der Waals surface area contributed by atoms with Gasteiger partial charge in [-0.05, 0) is 41.8 Å². The fourth-order valence-electron chi connectivity index (χ4n) is 2.81. The number of phenols is 2. The highest BCUT2D eigenvalue weighted by atomic mass is 16.5. The summed E-state index contributed by atoms with van der Waals surface area (Å²) in [5, 5.41) is 22.6. The SMILES string of the molecule is COc1cc(CC(NCC=O)c2cc(O)cc(O)c2)cc(OC)c1OC. The number of methoxy groups -OCH3 is 3. The van der Waals surface area contributed by atoms with E-state index < -0.39 is 0 Å². The van der Waals surface area contributed by atoms with Crippen LogP contribution in [0.5, 0.6) is 28.7 Å². The van der Waals surface area contributed by atoms with E-state index in [1.165, 1.54) is 27.4 Å². The lowest BCUT2D eigenvalue weighted by molar-refractivity contribution is -0.107. The fraction of sp³-hybridized carbons (Fsp3) is 0.316. The van der Waals surface area contributed by atoms with Gasteiger partial charge in [-0.1, -0.05) is 0 Å². The maximum absolute atomic E-state index is 10.8. The molecule has 0 fully saturated rings. The fourth-order valence-corrected chi connectivity index (χ4v) is 2.81. The molecule has 7 heteroatoms. The molecule has 3 N–H and O–H groups in total. The summed E-state index contributed by atoms with van der Waals surface area (Å²) in [5.41, 5.74) is 1.52. The van der Waals surface area contributed by atoms with E-state index in [9.17, 15) is 15.0 Å². The highest BCUT2D eigenvalue weighted by molar-refractivity contribution is 5.54. The molecule has 26 heavy (non-hydrogen) atoms. The van der Waals surface area contributed by atoms with Gasteiger partial charge in [-0.2, -0.15) is 0 Å². The van der Waals surface area contributed by atoms with Crippen molar-refractivity contribution in [3.63, 3.8) is 0 Å². The molecule has 0 aliphatic heterocycles. The first kappa shape index (κ1) is 19.4. The van der Waals surface area contributed by atoms with Crippen molar-refractivity contribution in [1.82, 2.24) is 5.32 Å². The molecule has 2 rings (SSSR count). The minimum absolute atomic E-state index is 0.0530. The zero-order chi connectivity index (χ0) is 19.1. The van der Waals surface area contributed by atoms with Crippen LogP contribution < -0.4 is 19.5 Å². The average molecular weight is 361 g/mol. The van der Waals surface area contributed by atoms with Crippen molar-refractivity contribution in [2.75, 3.05) is 27.9 Å². The van der Waals surface area contributed by atoms with Crippen molar-refractivity contribution < 1.29 is 29.2 Å². The number of hydrogen-bond acceptors (Lipinski definition) is 7. The van der Waals surface area contributed by atoms with E-state index in [0.717, 1.165) is 11.8 Å². The van der Waals surface area contributed by atoms with Gasteiger partial charge in [-0.15, -0.1) is 0 Å². The summed E-state index contributed by atoms with van der Waals surface area (Å²) in [6, 6.07) is 7.65. The number of aldehydes is 1. The molecule has 1 unspecified atom stereocenters. The van der Waals surface area contributed by atoms with E-state index in [1.54, 1.807) is 12.1 Å². The lowest BCUT2D eigenvalue weighted by atomic mass is 9.97. The molecule has 0 heterocycles. The van der Waals surface area contributed by atoms with Crippen molar-refractivity contribution in [2.24, 2.45) is 0 Å². The number of ether oxygens (including phenoxy) is 3. The number of nitrogens with one attached hydrogen (secondary N) is 1. The van der Waals surface area contributed by atoms with E-state index in [-0.39, 0.29) is 24.1 Å². The smallest absolute Gasteiger partial charge is 0.203 e. The Morgan fingerprint density at radius 2 is 1.54 bits per heavy atom. The third-order valence-corrected chi connectivity index (χ3v) is 3.94. The highest BCUT2D eigenvalue weighted by Gasteiger charge is 2.18. The minimum atomic E-state index is -0.319. The second-order valence-electron chi connectivity index (χ2n) is 5.65. The van der Waals surface area contributed by atoms with Crippen molar-refractivity contribution in [3.8, 4) is 28.7 Å². The van der Waals surface area contributed by atoms with Gasteiger partial charge in [0.05, 0.1) is 27.9 Å². The van der Waals surface area contributed by atoms with E-state index >= 15 is 0 Å². The van der Waals surface area contributed by atoms with Crippen molar-refractivity contribution in [1.29, 1.82) is 0 Å². The van der Waals surface area contributed by atoms with Gasteiger partial charge in [0.15, 0.2) is 11.5 Å². The van der Waals surface area contributed by atoms with Gasteiger partial charge in [0.1, 0.15) is 17.8 Å². The van der Waals surface area contributed by atoms with Crippen molar-refractivity contribution in [3.05, 3.63) is 41.5 Å². The number of hydrogen-bond donors (Lipinski definition) is 3. The first-order chi connectivity index (χ1) is 12.5. The monoisotopic (exact) mass is 361 g/mol. The zero-order valence-corrected chi connectivity index (χ0v) is 15.0. The predicted molar refractivity (Wildman–Crippen MR) is 96.4 cm³/mol. The van der Waals surface area contributed by atoms with Gasteiger partial charge in [-0.3, -0.25) is 0 Å². The van der Waals surface area contributed by atoms with E-state index in [1.807, 2.05) is 12.1 Å². The Hall–Kier alpha value is -2.93. The summed E-state index contributed by atoms with van der Waals surface area (Å²) in [5.74, 6) is 1.43. The van der Waals surface area contributed by atoms with Crippen LogP contribution in [-0.4, -0.2) is 44.4 Å². The number of benzene rings is 2. The van der Waals surface area contributed by atoms with Gasteiger partial charge in [-0.25, -0.2) is 0 Å². The third kappa shape index (κ3) is 4.58. The van der Waals surface area contributed by atoms with Crippen LogP contribution >= 0.6 is 0 Å². The van der Waals surface area contributed by atoms with Crippen LogP contribution in [0, 0.1) is 0 Å². The Morgan fingerprint density at radius 3 is 2.00 bits per heavy atom. The summed E-state index contributed by atoms with van der Waals surface area (Å²) in [4.78, 5) is 10.8. The molecule has 0 saturated carbocycles. The zero-order valence-electron chi connectivity index (χ0n) is 15.0. The maximum Gasteiger partial charge on any atom is 0.203 e. The second-order valence-corrected chi connectivity index (χ2v) is 5.65. The number of phenolic OH excluding ortho intramolecular Hbond substituents is 2. The second kappa shape index (κ2) is 8.96. The molecule has 7 nitrogen and oxygen atoms in total. The van der Waals surface area contributed by atoms with Gasteiger partial charge < -0.3 is 34.5 Å². The van der Waals surface area contributed by atoms with E-state index in [2.05, 4.69) is 5.32 Å². The Bertz CT molecular complexity index is 716. The van der Waals surface area contributed by atoms with Gasteiger partial charge in [0.2, 0.25) is 5.75 Å². The molecular weight excluding hydrogens is 338 g/mol. The van der Waals surface area contributed by atoms with Crippen molar-refractivity contribution >= 4 is 6.29 Å². The number of carbonyl (C=O) groups is 1. The Balaban J connectivity index is 2.40. The predicted octanol–water partition coefficient (Wildman–Crippen LogP) is 2.20. The van der Waals surface area contributed by atoms with Crippen LogP contribution in [0.3, 0.4) is 0 Å². The standard InChI is InChI=1S/C19H23NO6/c1-24-17-7-12(8-18(25-2)19(17)26-3)6-16(20-4-5-21)13-9-14(22)11-15(23)10-13/h5,7-11,16,20,22-23H,4,6H2,1-3H3. The minimum Gasteiger partial charge on any atom is -0.508 e. The number of aromatic hydroxyl groups is 2. The van der Waals surface area contributed by atoms with Crippen molar-refractivity contribution in [2.45, 2.75) is 12.5 Å². The highest BCUT2D eigenvalue weighted by Crippen LogP contribution is 2.39. The molecule has 0 radical (unpaired) electrons. The molecule has 0 bridgehead atoms. The van der Waals surface area contributed by atoms with E-state index in [0.29, 0.717) is 29.2 Å². The molecule has 140 valence electrons. The average Bonchev–Trinajstić information content (AvgIpc) is 2.63. The molecule has 1 atom stereocenters. The van der Waals surface area contributed by atoms with Gasteiger partial charge in [0.25, 0.3) is 0 Å². The Kier molecular flexibility index (Phi) is 6.68. The van der Waals surface area contributed by atoms with Crippen LogP contribution in [0.25, 0.3) is 0 Å².